The van der Waals surface area contributed by atoms with E-state index in [4.69, 9.17) is 4.42 Å². The molecule has 6 nitrogen and oxygen atoms in total. The fourth-order valence-electron chi connectivity index (χ4n) is 3.45. The van der Waals surface area contributed by atoms with Crippen LogP contribution in [0.3, 0.4) is 0 Å². The Morgan fingerprint density at radius 2 is 2.21 bits per heavy atom. The molecule has 2 aromatic rings. The smallest absolute Gasteiger partial charge is 0.118 e. The maximum absolute atomic E-state index is 9.41. The van der Waals surface area contributed by atoms with Crippen LogP contribution in [-0.2, 0) is 13.1 Å². The van der Waals surface area contributed by atoms with E-state index in [2.05, 4.69) is 21.0 Å². The number of rotatable bonds is 8. The first kappa shape index (κ1) is 17.2. The van der Waals surface area contributed by atoms with Gasteiger partial charge in [-0.1, -0.05) is 0 Å². The highest BCUT2D eigenvalue weighted by molar-refractivity contribution is 5.06. The van der Waals surface area contributed by atoms with Crippen molar-refractivity contribution in [2.45, 2.75) is 38.9 Å². The van der Waals surface area contributed by atoms with E-state index in [1.54, 1.807) is 0 Å². The quantitative estimate of drug-likeness (QED) is 0.798. The van der Waals surface area contributed by atoms with E-state index < -0.39 is 0 Å². The fraction of sp³-hybridized carbons (Fsp3) is 0.611. The molecule has 3 heterocycles. The van der Waals surface area contributed by atoms with E-state index in [0.717, 1.165) is 63.6 Å². The van der Waals surface area contributed by atoms with Gasteiger partial charge in [-0.2, -0.15) is 5.10 Å². The Bertz CT molecular complexity index is 596. The second kappa shape index (κ2) is 8.46. The lowest BCUT2D eigenvalue weighted by Gasteiger charge is -2.41. The minimum Gasteiger partial charge on any atom is -0.465 e. The van der Waals surface area contributed by atoms with Crippen molar-refractivity contribution in [3.05, 3.63) is 42.1 Å². The third-order valence-electron chi connectivity index (χ3n) is 4.73. The summed E-state index contributed by atoms with van der Waals surface area (Å²) in [7, 11) is 0. The molecule has 0 spiro atoms. The Balaban J connectivity index is 1.48. The Kier molecular flexibility index (Phi) is 6.07. The maximum Gasteiger partial charge on any atom is 0.118 e. The number of hydrogen-bond donors (Lipinski definition) is 1. The van der Waals surface area contributed by atoms with Crippen LogP contribution in [0.4, 0.5) is 0 Å². The largest absolute Gasteiger partial charge is 0.465 e. The predicted molar refractivity (Wildman–Crippen MR) is 92.6 cm³/mol. The van der Waals surface area contributed by atoms with Gasteiger partial charge in [0.2, 0.25) is 0 Å². The van der Waals surface area contributed by atoms with E-state index in [9.17, 15) is 5.11 Å². The first-order chi connectivity index (χ1) is 11.7. The molecule has 0 saturated carbocycles. The van der Waals surface area contributed by atoms with E-state index in [1.807, 2.05) is 36.1 Å². The first-order valence-corrected chi connectivity index (χ1v) is 8.84. The third kappa shape index (κ3) is 4.69. The number of nitrogens with zero attached hydrogens (tertiary/aromatic N) is 4. The van der Waals surface area contributed by atoms with Crippen LogP contribution in [0.5, 0.6) is 0 Å². The molecule has 1 saturated heterocycles. The molecule has 0 radical (unpaired) electrons. The number of aromatic nitrogens is 2. The van der Waals surface area contributed by atoms with E-state index in [-0.39, 0.29) is 6.61 Å². The highest BCUT2D eigenvalue weighted by atomic mass is 16.3. The highest BCUT2D eigenvalue weighted by Gasteiger charge is 2.27. The van der Waals surface area contributed by atoms with Crippen LogP contribution in [-0.4, -0.2) is 63.5 Å². The molecule has 0 aliphatic carbocycles. The molecule has 1 aliphatic heterocycles. The lowest BCUT2D eigenvalue weighted by Crippen LogP contribution is -2.53. The van der Waals surface area contributed by atoms with Gasteiger partial charge in [0, 0.05) is 57.8 Å². The zero-order valence-corrected chi connectivity index (χ0v) is 14.5. The second-order valence-electron chi connectivity index (χ2n) is 6.57. The summed E-state index contributed by atoms with van der Waals surface area (Å²) in [5.74, 6) is 1.98. The normalized spacial score (nSPS) is 19.8. The Morgan fingerprint density at radius 3 is 2.92 bits per heavy atom. The van der Waals surface area contributed by atoms with Crippen molar-refractivity contribution in [1.29, 1.82) is 0 Å². The number of piperazine rings is 1. The van der Waals surface area contributed by atoms with Gasteiger partial charge < -0.3 is 14.4 Å². The molecule has 0 aromatic carbocycles. The van der Waals surface area contributed by atoms with Gasteiger partial charge in [0.05, 0.1) is 6.54 Å². The number of aliphatic hydroxyl groups excluding tert-OH is 1. The predicted octanol–water partition coefficient (Wildman–Crippen LogP) is 1.74. The molecular formula is C18H28N4O2. The number of hydrogen-bond acceptors (Lipinski definition) is 5. The van der Waals surface area contributed by atoms with Crippen LogP contribution in [0.2, 0.25) is 0 Å². The number of aryl methyl sites for hydroxylation is 2. The number of aliphatic hydroxyl groups is 1. The average Bonchev–Trinajstić information content (AvgIpc) is 3.22. The van der Waals surface area contributed by atoms with Gasteiger partial charge >= 0.3 is 0 Å². The summed E-state index contributed by atoms with van der Waals surface area (Å²) in [6, 6.07) is 6.43. The SMILES string of the molecule is Cc1ccc(CN2CCN(CCCn3cccn3)C[C@@H]2CCO)o1. The molecule has 0 bridgehead atoms. The Morgan fingerprint density at radius 1 is 1.29 bits per heavy atom. The fourth-order valence-corrected chi connectivity index (χ4v) is 3.45. The molecule has 24 heavy (non-hydrogen) atoms. The van der Waals surface area contributed by atoms with Crippen LogP contribution in [0.15, 0.2) is 35.0 Å². The van der Waals surface area contributed by atoms with Crippen molar-refractivity contribution < 1.29 is 9.52 Å². The van der Waals surface area contributed by atoms with Crippen molar-refractivity contribution in [3.8, 4) is 0 Å². The summed E-state index contributed by atoms with van der Waals surface area (Å²) < 4.78 is 7.71. The van der Waals surface area contributed by atoms with Gasteiger partial charge in [-0.15, -0.1) is 0 Å². The topological polar surface area (TPSA) is 57.7 Å². The first-order valence-electron chi connectivity index (χ1n) is 8.84. The average molecular weight is 332 g/mol. The van der Waals surface area contributed by atoms with Crippen LogP contribution < -0.4 is 0 Å². The summed E-state index contributed by atoms with van der Waals surface area (Å²) in [6.45, 7) is 8.19. The molecule has 3 rings (SSSR count). The zero-order valence-electron chi connectivity index (χ0n) is 14.5. The van der Waals surface area contributed by atoms with Gasteiger partial charge in [0.1, 0.15) is 11.5 Å². The van der Waals surface area contributed by atoms with Crippen LogP contribution >= 0.6 is 0 Å². The molecular weight excluding hydrogens is 304 g/mol. The van der Waals surface area contributed by atoms with E-state index in [0.29, 0.717) is 6.04 Å². The van der Waals surface area contributed by atoms with Gasteiger partial charge in [-0.25, -0.2) is 0 Å². The standard InChI is InChI=1S/C18H28N4O2/c1-16-4-5-18(24-16)15-21-12-11-20(14-17(21)6-13-23)8-3-10-22-9-2-7-19-22/h2,4-5,7,9,17,23H,3,6,8,10-15H2,1H3/t17-/m0/s1. The van der Waals surface area contributed by atoms with E-state index in [1.165, 1.54) is 0 Å². The monoisotopic (exact) mass is 332 g/mol. The van der Waals surface area contributed by atoms with Crippen LogP contribution in [0.25, 0.3) is 0 Å². The summed E-state index contributed by atoms with van der Waals surface area (Å²) >= 11 is 0. The molecule has 0 unspecified atom stereocenters. The Hall–Kier alpha value is -1.63. The minimum absolute atomic E-state index is 0.236. The lowest BCUT2D eigenvalue weighted by atomic mass is 10.1. The van der Waals surface area contributed by atoms with Crippen molar-refractivity contribution in [3.63, 3.8) is 0 Å². The third-order valence-corrected chi connectivity index (χ3v) is 4.73. The second-order valence-corrected chi connectivity index (χ2v) is 6.57. The molecule has 132 valence electrons. The highest BCUT2D eigenvalue weighted by Crippen LogP contribution is 2.18. The lowest BCUT2D eigenvalue weighted by molar-refractivity contribution is 0.0479. The van der Waals surface area contributed by atoms with Crippen LogP contribution in [0, 0.1) is 6.92 Å². The van der Waals surface area contributed by atoms with Gasteiger partial charge in [0.25, 0.3) is 0 Å². The number of furan rings is 1. The Labute approximate surface area is 143 Å². The molecule has 1 fully saturated rings. The van der Waals surface area contributed by atoms with Crippen molar-refractivity contribution >= 4 is 0 Å². The van der Waals surface area contributed by atoms with Crippen molar-refractivity contribution in [1.82, 2.24) is 19.6 Å². The molecule has 1 N–H and O–H groups in total. The summed E-state index contributed by atoms with van der Waals surface area (Å²) in [6.07, 6.45) is 5.75. The maximum atomic E-state index is 9.41. The molecule has 1 atom stereocenters. The van der Waals surface area contributed by atoms with Crippen molar-refractivity contribution in [2.24, 2.45) is 0 Å². The van der Waals surface area contributed by atoms with Gasteiger partial charge in [-0.3, -0.25) is 9.58 Å². The van der Waals surface area contributed by atoms with Gasteiger partial charge in [-0.05, 0) is 38.0 Å². The van der Waals surface area contributed by atoms with Crippen molar-refractivity contribution in [2.75, 3.05) is 32.8 Å². The minimum atomic E-state index is 0.236. The summed E-state index contributed by atoms with van der Waals surface area (Å²) in [4.78, 5) is 4.95. The summed E-state index contributed by atoms with van der Waals surface area (Å²) in [5, 5.41) is 13.7. The zero-order chi connectivity index (χ0) is 16.8. The van der Waals surface area contributed by atoms with Crippen LogP contribution in [0.1, 0.15) is 24.4 Å². The van der Waals surface area contributed by atoms with Gasteiger partial charge in [0.15, 0.2) is 0 Å². The molecule has 1 aliphatic rings. The molecule has 2 aromatic heterocycles. The van der Waals surface area contributed by atoms with E-state index >= 15 is 0 Å². The molecule has 0 amide bonds. The summed E-state index contributed by atoms with van der Waals surface area (Å²) in [5.41, 5.74) is 0. The molecule has 6 heteroatoms.